The molecular formula is C40H44FNO4Si. The highest BCUT2D eigenvalue weighted by atomic mass is 28.4. The van der Waals surface area contributed by atoms with Crippen LogP contribution in [0, 0.1) is 17.7 Å². The summed E-state index contributed by atoms with van der Waals surface area (Å²) in [6.45, 7) is 4.59. The van der Waals surface area contributed by atoms with E-state index in [-0.39, 0.29) is 41.6 Å². The lowest BCUT2D eigenvalue weighted by Gasteiger charge is -2.44. The number of carbonyl (C=O) groups is 2. The van der Waals surface area contributed by atoms with E-state index in [1.165, 1.54) is 17.0 Å². The summed E-state index contributed by atoms with van der Waals surface area (Å²) in [4.78, 5) is 40.7. The van der Waals surface area contributed by atoms with Gasteiger partial charge in [0, 0.05) is 6.42 Å². The van der Waals surface area contributed by atoms with Crippen LogP contribution in [0.4, 0.5) is 9.18 Å². The first-order valence-electron chi connectivity index (χ1n) is 16.8. The zero-order valence-electron chi connectivity index (χ0n) is 27.2. The summed E-state index contributed by atoms with van der Waals surface area (Å²) in [7, 11) is -3.12. The Labute approximate surface area is 278 Å². The fourth-order valence-corrected chi connectivity index (χ4v) is 12.0. The molecule has 2 fully saturated rings. The van der Waals surface area contributed by atoms with Crippen molar-refractivity contribution in [3.63, 3.8) is 0 Å². The molecule has 1 N–H and O–H groups in total. The van der Waals surface area contributed by atoms with E-state index >= 15 is 0 Å². The van der Waals surface area contributed by atoms with E-state index in [4.69, 9.17) is 4.74 Å². The molecule has 1 saturated carbocycles. The maximum atomic E-state index is 14.0. The summed E-state index contributed by atoms with van der Waals surface area (Å²) in [5.41, 5.74) is 1.78. The zero-order valence-corrected chi connectivity index (χ0v) is 28.2. The monoisotopic (exact) mass is 649 g/mol. The molecule has 0 bridgehead atoms. The Morgan fingerprint density at radius 3 is 1.94 bits per heavy atom. The van der Waals surface area contributed by atoms with Gasteiger partial charge in [-0.1, -0.05) is 130 Å². The first-order chi connectivity index (χ1) is 22.7. The quantitative estimate of drug-likeness (QED) is 0.179. The van der Waals surface area contributed by atoms with E-state index in [1.54, 1.807) is 12.1 Å². The van der Waals surface area contributed by atoms with E-state index in [1.807, 2.05) is 66.7 Å². The maximum absolute atomic E-state index is 14.0. The van der Waals surface area contributed by atoms with Gasteiger partial charge in [0.15, 0.2) is 0 Å². The molecule has 0 aromatic heterocycles. The number of cyclic esters (lactones) is 1. The van der Waals surface area contributed by atoms with Crippen molar-refractivity contribution < 1.29 is 23.5 Å². The Kier molecular flexibility index (Phi) is 9.76. The summed E-state index contributed by atoms with van der Waals surface area (Å²) in [5.74, 6) is -0.0988. The van der Waals surface area contributed by atoms with Gasteiger partial charge in [-0.05, 0) is 75.7 Å². The van der Waals surface area contributed by atoms with Gasteiger partial charge >= 0.3 is 6.09 Å². The van der Waals surface area contributed by atoms with Gasteiger partial charge < -0.3 is 9.53 Å². The van der Waals surface area contributed by atoms with Crippen molar-refractivity contribution in [1.82, 2.24) is 4.90 Å². The van der Waals surface area contributed by atoms with Crippen LogP contribution < -0.4 is 10.4 Å². The molecule has 7 heteroatoms. The minimum absolute atomic E-state index is 0.137. The smallest absolute Gasteiger partial charge is 0.417 e. The number of amides is 2. The minimum atomic E-state index is -3.12. The fourth-order valence-electron chi connectivity index (χ4n) is 8.14. The maximum Gasteiger partial charge on any atom is 0.417 e. The van der Waals surface area contributed by atoms with Crippen LogP contribution in [-0.4, -0.2) is 36.6 Å². The summed E-state index contributed by atoms with van der Waals surface area (Å²) < 4.78 is 19.3. The Morgan fingerprint density at radius 2 is 1.38 bits per heavy atom. The third-order valence-electron chi connectivity index (χ3n) is 10.6. The molecule has 1 aliphatic carbocycles. The van der Waals surface area contributed by atoms with Crippen molar-refractivity contribution in [2.45, 2.75) is 69.4 Å². The molecule has 6 rings (SSSR count). The highest BCUT2D eigenvalue weighted by Gasteiger charge is 2.51. The lowest BCUT2D eigenvalue weighted by molar-refractivity contribution is -0.130. The van der Waals surface area contributed by atoms with Crippen molar-refractivity contribution in [3.8, 4) is 0 Å². The standard InChI is InChI=1S/C40H44FNO4Si/c1-40(2,47(45,34-14-8-4-9-15-34)35-16-10-5-11-17-35)27-29-18-20-30(21-19-29)36(31-22-24-33(41)25-23-31)26-38(43)42-37(28-46-39(42)44)32-12-6-3-7-13-32/h3-17,22-25,29-30,36-37,45H,18-21,26-28H2,1-2H3/t29?,30?,36-,37+/m1/s1. The van der Waals surface area contributed by atoms with Gasteiger partial charge in [-0.3, -0.25) is 4.79 Å². The van der Waals surface area contributed by atoms with Crippen molar-refractivity contribution in [3.05, 3.63) is 132 Å². The van der Waals surface area contributed by atoms with Crippen LogP contribution >= 0.6 is 0 Å². The number of nitrogens with zero attached hydrogens (tertiary/aromatic N) is 1. The van der Waals surface area contributed by atoms with E-state index < -0.39 is 20.5 Å². The van der Waals surface area contributed by atoms with Crippen LogP contribution in [0.1, 0.15) is 75.5 Å². The molecule has 0 radical (unpaired) electrons. The van der Waals surface area contributed by atoms with Crippen LogP contribution in [-0.2, 0) is 9.53 Å². The third kappa shape index (κ3) is 6.83. The number of hydrogen-bond acceptors (Lipinski definition) is 4. The van der Waals surface area contributed by atoms with E-state index in [0.29, 0.717) is 5.92 Å². The molecule has 1 heterocycles. The topological polar surface area (TPSA) is 66.8 Å². The van der Waals surface area contributed by atoms with E-state index in [9.17, 15) is 18.8 Å². The Balaban J connectivity index is 1.20. The molecule has 5 nitrogen and oxygen atoms in total. The molecular weight excluding hydrogens is 606 g/mol. The van der Waals surface area contributed by atoms with Gasteiger partial charge in [-0.25, -0.2) is 14.1 Å². The van der Waals surface area contributed by atoms with Crippen molar-refractivity contribution >= 4 is 30.7 Å². The predicted octanol–water partition coefficient (Wildman–Crippen LogP) is 7.75. The number of benzene rings is 4. The zero-order chi connectivity index (χ0) is 33.0. The number of imide groups is 1. The number of halogens is 1. The molecule has 1 saturated heterocycles. The van der Waals surface area contributed by atoms with Crippen molar-refractivity contribution in [2.75, 3.05) is 6.61 Å². The number of hydrogen-bond donors (Lipinski definition) is 1. The first kappa shape index (κ1) is 32.9. The molecule has 47 heavy (non-hydrogen) atoms. The number of ether oxygens (including phenoxy) is 1. The lowest BCUT2D eigenvalue weighted by atomic mass is 9.70. The molecule has 2 amide bonds. The second-order valence-corrected chi connectivity index (χ2v) is 17.9. The van der Waals surface area contributed by atoms with Gasteiger partial charge in [-0.2, -0.15) is 0 Å². The minimum Gasteiger partial charge on any atom is -0.446 e. The molecule has 4 aromatic rings. The first-order valence-corrected chi connectivity index (χ1v) is 18.7. The normalized spacial score (nSPS) is 20.9. The second-order valence-electron chi connectivity index (χ2n) is 13.9. The molecule has 0 unspecified atom stereocenters. The van der Waals surface area contributed by atoms with E-state index in [0.717, 1.165) is 53.6 Å². The van der Waals surface area contributed by atoms with E-state index in [2.05, 4.69) is 38.1 Å². The van der Waals surface area contributed by atoms with Gasteiger partial charge in [0.1, 0.15) is 18.5 Å². The summed E-state index contributed by atoms with van der Waals surface area (Å²) in [6, 6.07) is 35.8. The largest absolute Gasteiger partial charge is 0.446 e. The van der Waals surface area contributed by atoms with Gasteiger partial charge in [-0.15, -0.1) is 0 Å². The molecule has 244 valence electrons. The molecule has 2 aliphatic rings. The molecule has 4 aromatic carbocycles. The van der Waals surface area contributed by atoms with Crippen LogP contribution in [0.25, 0.3) is 0 Å². The second kappa shape index (κ2) is 14.0. The summed E-state index contributed by atoms with van der Waals surface area (Å²) >= 11 is 0. The fraction of sp³-hybridized carbons (Fsp3) is 0.350. The van der Waals surface area contributed by atoms with Gasteiger partial charge in [0.2, 0.25) is 5.91 Å². The SMILES string of the molecule is CC(C)(CC1CCC([C@@H](CC(=O)N2C(=O)OC[C@H]2c2ccccc2)c2ccc(F)cc2)CC1)[Si](O)(c1ccccc1)c1ccccc1. The average Bonchev–Trinajstić information content (AvgIpc) is 3.50. The van der Waals surface area contributed by atoms with Crippen LogP contribution in [0.2, 0.25) is 5.04 Å². The predicted molar refractivity (Wildman–Crippen MR) is 185 cm³/mol. The lowest BCUT2D eigenvalue weighted by Crippen LogP contribution is -2.65. The summed E-state index contributed by atoms with van der Waals surface area (Å²) in [6.07, 6.45) is 4.23. The number of carbonyl (C=O) groups excluding carboxylic acids is 2. The Hall–Kier alpha value is -4.07. The average molecular weight is 650 g/mol. The third-order valence-corrected chi connectivity index (χ3v) is 15.1. The van der Waals surface area contributed by atoms with Gasteiger partial charge in [0.05, 0.1) is 0 Å². The summed E-state index contributed by atoms with van der Waals surface area (Å²) in [5, 5.41) is 1.71. The molecule has 2 atom stereocenters. The molecule has 1 aliphatic heterocycles. The number of rotatable bonds is 10. The molecule has 0 spiro atoms. The Morgan fingerprint density at radius 1 is 0.851 bits per heavy atom. The van der Waals surface area contributed by atoms with Gasteiger partial charge in [0.25, 0.3) is 8.32 Å². The van der Waals surface area contributed by atoms with Crippen LogP contribution in [0.3, 0.4) is 0 Å². The van der Waals surface area contributed by atoms with Crippen LogP contribution in [0.5, 0.6) is 0 Å². The highest BCUT2D eigenvalue weighted by Crippen LogP contribution is 2.48. The Bertz CT molecular complexity index is 1600. The van der Waals surface area contributed by atoms with Crippen molar-refractivity contribution in [1.29, 1.82) is 0 Å². The van der Waals surface area contributed by atoms with Crippen molar-refractivity contribution in [2.24, 2.45) is 11.8 Å². The van der Waals surface area contributed by atoms with Crippen LogP contribution in [0.15, 0.2) is 115 Å². The highest BCUT2D eigenvalue weighted by molar-refractivity contribution is 6.98.